The Morgan fingerprint density at radius 3 is 2.26 bits per heavy atom. The Bertz CT molecular complexity index is 579. The molecule has 0 unspecified atom stereocenters. The molecule has 0 aliphatic carbocycles. The van der Waals surface area contributed by atoms with Crippen LogP contribution in [0.25, 0.3) is 0 Å². The van der Waals surface area contributed by atoms with Crippen molar-refractivity contribution in [2.24, 2.45) is 0 Å². The molecule has 19 heavy (non-hydrogen) atoms. The van der Waals surface area contributed by atoms with Gasteiger partial charge in [-0.15, -0.1) is 0 Å². The van der Waals surface area contributed by atoms with E-state index in [1.54, 1.807) is 12.1 Å². The van der Waals surface area contributed by atoms with Crippen LogP contribution < -0.4 is 5.32 Å². The van der Waals surface area contributed by atoms with Gasteiger partial charge in [-0.05, 0) is 17.7 Å². The lowest BCUT2D eigenvalue weighted by Gasteiger charge is -2.08. The molecule has 0 amide bonds. The molecular formula is C15H13NO2S. The van der Waals surface area contributed by atoms with Gasteiger partial charge in [0.25, 0.3) is 0 Å². The summed E-state index contributed by atoms with van der Waals surface area (Å²) in [6, 6.07) is 16.9. The molecular weight excluding hydrogens is 258 g/mol. The van der Waals surface area contributed by atoms with Gasteiger partial charge in [0.2, 0.25) is 0 Å². The summed E-state index contributed by atoms with van der Waals surface area (Å²) in [6.07, 6.45) is 0.0312. The normalized spacial score (nSPS) is 9.89. The Morgan fingerprint density at radius 1 is 1.05 bits per heavy atom. The third-order valence-electron chi connectivity index (χ3n) is 2.60. The highest BCUT2D eigenvalue weighted by Gasteiger charge is 2.02. The second kappa shape index (κ2) is 6.11. The fraction of sp³-hybridized carbons (Fsp3) is 0.0667. The largest absolute Gasteiger partial charge is 0.481 e. The molecule has 4 heteroatoms. The van der Waals surface area contributed by atoms with Crippen molar-refractivity contribution < 1.29 is 9.90 Å². The average molecular weight is 271 g/mol. The van der Waals surface area contributed by atoms with E-state index in [1.807, 2.05) is 42.5 Å². The van der Waals surface area contributed by atoms with Gasteiger partial charge < -0.3 is 10.4 Å². The Labute approximate surface area is 116 Å². The fourth-order valence-electron chi connectivity index (χ4n) is 1.67. The zero-order valence-corrected chi connectivity index (χ0v) is 11.0. The minimum Gasteiger partial charge on any atom is -0.481 e. The van der Waals surface area contributed by atoms with Crippen LogP contribution in [0.1, 0.15) is 11.1 Å². The molecule has 2 aromatic rings. The summed E-state index contributed by atoms with van der Waals surface area (Å²) in [5, 5.41) is 11.8. The van der Waals surface area contributed by atoms with Gasteiger partial charge in [-0.1, -0.05) is 54.7 Å². The van der Waals surface area contributed by atoms with Crippen molar-refractivity contribution in [2.45, 2.75) is 6.42 Å². The number of rotatable bonds is 4. The molecule has 0 spiro atoms. The van der Waals surface area contributed by atoms with Gasteiger partial charge in [0.15, 0.2) is 0 Å². The molecule has 0 aromatic heterocycles. The van der Waals surface area contributed by atoms with E-state index in [2.05, 4.69) is 5.32 Å². The highest BCUT2D eigenvalue weighted by Crippen LogP contribution is 2.12. The van der Waals surface area contributed by atoms with Crippen LogP contribution in [0.3, 0.4) is 0 Å². The summed E-state index contributed by atoms with van der Waals surface area (Å²) in [7, 11) is 0. The quantitative estimate of drug-likeness (QED) is 0.839. The van der Waals surface area contributed by atoms with Gasteiger partial charge in [-0.25, -0.2) is 0 Å². The third-order valence-corrected chi connectivity index (χ3v) is 2.94. The predicted octanol–water partition coefficient (Wildman–Crippen LogP) is 3.10. The highest BCUT2D eigenvalue weighted by atomic mass is 32.1. The topological polar surface area (TPSA) is 49.3 Å². The van der Waals surface area contributed by atoms with Crippen LogP contribution in [0.5, 0.6) is 0 Å². The number of aliphatic carboxylic acids is 1. The molecule has 0 heterocycles. The summed E-state index contributed by atoms with van der Waals surface area (Å²) >= 11 is 5.30. The fourth-order valence-corrected chi connectivity index (χ4v) is 1.93. The standard InChI is InChI=1S/C15H13NO2S/c17-14(18)10-11-6-8-13(9-7-11)16-15(19)12-4-2-1-3-5-12/h1-9H,10H2,(H,16,19)(H,17,18). The van der Waals surface area contributed by atoms with Crippen molar-refractivity contribution >= 4 is 28.9 Å². The Balaban J connectivity index is 2.04. The van der Waals surface area contributed by atoms with E-state index in [4.69, 9.17) is 17.3 Å². The predicted molar refractivity (Wildman–Crippen MR) is 79.5 cm³/mol. The van der Waals surface area contributed by atoms with E-state index in [9.17, 15) is 4.79 Å². The van der Waals surface area contributed by atoms with Gasteiger partial charge in [0.1, 0.15) is 4.99 Å². The molecule has 0 aliphatic heterocycles. The number of carboxylic acids is 1. The number of benzene rings is 2. The maximum absolute atomic E-state index is 10.6. The van der Waals surface area contributed by atoms with Crippen molar-refractivity contribution in [1.29, 1.82) is 0 Å². The van der Waals surface area contributed by atoms with Gasteiger partial charge in [0, 0.05) is 11.3 Å². The molecule has 0 atom stereocenters. The lowest BCUT2D eigenvalue weighted by molar-refractivity contribution is -0.136. The Hall–Kier alpha value is -2.20. The number of hydrogen-bond acceptors (Lipinski definition) is 2. The molecule has 96 valence electrons. The first-order chi connectivity index (χ1) is 9.15. The molecule has 0 saturated heterocycles. The van der Waals surface area contributed by atoms with Crippen LogP contribution in [0.2, 0.25) is 0 Å². The zero-order valence-electron chi connectivity index (χ0n) is 10.2. The molecule has 0 saturated carbocycles. The van der Waals surface area contributed by atoms with Gasteiger partial charge in [-0.3, -0.25) is 4.79 Å². The van der Waals surface area contributed by atoms with E-state index >= 15 is 0 Å². The van der Waals surface area contributed by atoms with Gasteiger partial charge in [-0.2, -0.15) is 0 Å². The molecule has 0 radical (unpaired) electrons. The van der Waals surface area contributed by atoms with Gasteiger partial charge >= 0.3 is 5.97 Å². The Kier molecular flexibility index (Phi) is 4.26. The minimum atomic E-state index is -0.833. The van der Waals surface area contributed by atoms with Crippen molar-refractivity contribution in [1.82, 2.24) is 0 Å². The van der Waals surface area contributed by atoms with Crippen molar-refractivity contribution in [3.05, 3.63) is 65.7 Å². The van der Waals surface area contributed by atoms with Crippen LogP contribution in [0, 0.1) is 0 Å². The molecule has 0 fully saturated rings. The summed E-state index contributed by atoms with van der Waals surface area (Å²) < 4.78 is 0. The molecule has 2 aromatic carbocycles. The number of anilines is 1. The average Bonchev–Trinajstić information content (AvgIpc) is 2.41. The lowest BCUT2D eigenvalue weighted by Crippen LogP contribution is -2.10. The minimum absolute atomic E-state index is 0.0312. The van der Waals surface area contributed by atoms with Gasteiger partial charge in [0.05, 0.1) is 6.42 Å². The molecule has 2 N–H and O–H groups in total. The maximum atomic E-state index is 10.6. The lowest BCUT2D eigenvalue weighted by atomic mass is 10.1. The summed E-state index contributed by atoms with van der Waals surface area (Å²) in [5.74, 6) is -0.833. The van der Waals surface area contributed by atoms with Crippen LogP contribution in [0.4, 0.5) is 5.69 Å². The van der Waals surface area contributed by atoms with Crippen molar-refractivity contribution in [2.75, 3.05) is 5.32 Å². The first-order valence-corrected chi connectivity index (χ1v) is 6.23. The van der Waals surface area contributed by atoms with Crippen LogP contribution >= 0.6 is 12.2 Å². The zero-order chi connectivity index (χ0) is 13.7. The second-order valence-electron chi connectivity index (χ2n) is 4.09. The number of nitrogens with one attached hydrogen (secondary N) is 1. The van der Waals surface area contributed by atoms with Crippen LogP contribution in [-0.2, 0) is 11.2 Å². The number of carbonyl (C=O) groups is 1. The summed E-state index contributed by atoms with van der Waals surface area (Å²) in [5.41, 5.74) is 2.57. The van der Waals surface area contributed by atoms with E-state index in [0.29, 0.717) is 4.99 Å². The Morgan fingerprint density at radius 2 is 1.68 bits per heavy atom. The molecule has 0 bridgehead atoms. The summed E-state index contributed by atoms with van der Waals surface area (Å²) in [4.78, 5) is 11.2. The first kappa shape index (κ1) is 13.2. The third kappa shape index (κ3) is 3.89. The highest BCUT2D eigenvalue weighted by molar-refractivity contribution is 7.81. The van der Waals surface area contributed by atoms with Crippen LogP contribution in [0.15, 0.2) is 54.6 Å². The van der Waals surface area contributed by atoms with Crippen molar-refractivity contribution in [3.8, 4) is 0 Å². The number of carboxylic acid groups (broad SMARTS) is 1. The monoisotopic (exact) mass is 271 g/mol. The molecule has 2 rings (SSSR count). The SMILES string of the molecule is O=C(O)Cc1ccc(NC(=S)c2ccccc2)cc1. The first-order valence-electron chi connectivity index (χ1n) is 5.82. The second-order valence-corrected chi connectivity index (χ2v) is 4.50. The van der Waals surface area contributed by atoms with E-state index in [1.165, 1.54) is 0 Å². The molecule has 3 nitrogen and oxygen atoms in total. The van der Waals surface area contributed by atoms with E-state index in [0.717, 1.165) is 16.8 Å². The number of hydrogen-bond donors (Lipinski definition) is 2. The number of thiocarbonyl (C=S) groups is 1. The van der Waals surface area contributed by atoms with Crippen LogP contribution in [-0.4, -0.2) is 16.1 Å². The van der Waals surface area contributed by atoms with E-state index < -0.39 is 5.97 Å². The summed E-state index contributed by atoms with van der Waals surface area (Å²) in [6.45, 7) is 0. The smallest absolute Gasteiger partial charge is 0.307 e. The van der Waals surface area contributed by atoms with E-state index in [-0.39, 0.29) is 6.42 Å². The maximum Gasteiger partial charge on any atom is 0.307 e. The van der Waals surface area contributed by atoms with Crippen molar-refractivity contribution in [3.63, 3.8) is 0 Å². The molecule has 0 aliphatic rings.